The number of aliphatic hydroxyl groups is 1. The van der Waals surface area contributed by atoms with Crippen molar-refractivity contribution in [3.05, 3.63) is 83.9 Å². The van der Waals surface area contributed by atoms with Crippen LogP contribution in [0.1, 0.15) is 50.8 Å². The highest BCUT2D eigenvalue weighted by atomic mass is 19.4. The van der Waals surface area contributed by atoms with Gasteiger partial charge in [0.05, 0.1) is 6.61 Å². The third kappa shape index (κ3) is 4.71. The Balaban J connectivity index is 1.39. The van der Waals surface area contributed by atoms with Gasteiger partial charge >= 0.3 is 12.1 Å². The van der Waals surface area contributed by atoms with Gasteiger partial charge in [0, 0.05) is 0 Å². The molecule has 1 N–H and O–H groups in total. The number of benzene rings is 3. The molecule has 7 heteroatoms. The summed E-state index contributed by atoms with van der Waals surface area (Å²) in [6.45, 7) is 6.37. The van der Waals surface area contributed by atoms with E-state index >= 15 is 0 Å². The van der Waals surface area contributed by atoms with Crippen LogP contribution in [0.15, 0.2) is 72.8 Å². The molecule has 0 radical (unpaired) electrons. The predicted molar refractivity (Wildman–Crippen MR) is 138 cm³/mol. The molecule has 0 saturated heterocycles. The standard InChI is InChI=1S/C31H33F3O4/c1-29(2)23-16-24(29)30(3,37-18-19-13-14-20-9-7-8-12-22(20)15-19)25(17-23)38-28(36)26(31(32,33)34)27(35)21-10-5-4-6-11-21/h4-15,23-27,35H,16-18H2,1-3H3/t23-,24-,25+,26+,27+,30-/m1/s1. The fourth-order valence-corrected chi connectivity index (χ4v) is 6.53. The molecule has 0 aliphatic heterocycles. The summed E-state index contributed by atoms with van der Waals surface area (Å²) in [6, 6.07) is 21.4. The van der Waals surface area contributed by atoms with Gasteiger partial charge in [-0.1, -0.05) is 80.6 Å². The van der Waals surface area contributed by atoms with Gasteiger partial charge < -0.3 is 14.6 Å². The number of carbonyl (C=O) groups excluding carboxylic acids is 1. The van der Waals surface area contributed by atoms with Crippen molar-refractivity contribution in [3.8, 4) is 0 Å². The summed E-state index contributed by atoms with van der Waals surface area (Å²) < 4.78 is 54.3. The summed E-state index contributed by atoms with van der Waals surface area (Å²) in [5.41, 5.74) is -0.127. The Morgan fingerprint density at radius 1 is 0.974 bits per heavy atom. The van der Waals surface area contributed by atoms with E-state index in [9.17, 15) is 23.1 Å². The molecule has 3 aromatic rings. The first-order chi connectivity index (χ1) is 17.9. The van der Waals surface area contributed by atoms with E-state index in [0.29, 0.717) is 6.42 Å². The summed E-state index contributed by atoms with van der Waals surface area (Å²) in [5.74, 6) is -3.94. The van der Waals surface area contributed by atoms with Gasteiger partial charge in [-0.05, 0) is 65.0 Å². The smallest absolute Gasteiger partial charge is 0.405 e. The molecule has 3 aliphatic carbocycles. The first-order valence-corrected chi connectivity index (χ1v) is 13.0. The summed E-state index contributed by atoms with van der Waals surface area (Å²) in [6.07, 6.45) is -6.63. The number of hydrogen-bond acceptors (Lipinski definition) is 4. The lowest BCUT2D eigenvalue weighted by molar-refractivity contribution is -0.281. The van der Waals surface area contributed by atoms with Gasteiger partial charge in [0.2, 0.25) is 0 Å². The molecule has 6 rings (SSSR count). The number of hydrogen-bond donors (Lipinski definition) is 1. The van der Waals surface area contributed by atoms with E-state index in [1.54, 1.807) is 6.07 Å². The number of halogens is 3. The molecular weight excluding hydrogens is 493 g/mol. The first-order valence-electron chi connectivity index (χ1n) is 13.0. The van der Waals surface area contributed by atoms with Crippen molar-refractivity contribution >= 4 is 16.7 Å². The van der Waals surface area contributed by atoms with E-state index < -0.39 is 35.9 Å². The summed E-state index contributed by atoms with van der Waals surface area (Å²) in [4.78, 5) is 13.1. The third-order valence-corrected chi connectivity index (χ3v) is 8.99. The van der Waals surface area contributed by atoms with E-state index in [2.05, 4.69) is 13.8 Å². The Bertz CT molecular complexity index is 1310. The molecule has 0 spiro atoms. The van der Waals surface area contributed by atoms with Gasteiger partial charge in [0.1, 0.15) is 17.8 Å². The minimum atomic E-state index is -4.98. The van der Waals surface area contributed by atoms with Gasteiger partial charge in [-0.25, -0.2) is 0 Å². The van der Waals surface area contributed by atoms with Crippen LogP contribution in [0.3, 0.4) is 0 Å². The number of alkyl halides is 3. The second-order valence-electron chi connectivity index (χ2n) is 11.5. The summed E-state index contributed by atoms with van der Waals surface area (Å²) in [5, 5.41) is 12.7. The summed E-state index contributed by atoms with van der Waals surface area (Å²) in [7, 11) is 0. The Kier molecular flexibility index (Phi) is 6.81. The SMILES string of the molecule is CC1(C)[C@H]2C[C@H](OC(=O)[C@H]([C@@H](O)c3ccccc3)C(F)(F)F)[C@](C)(OCc3ccc4ccccc4c3)[C@@H]1C2. The molecule has 0 aromatic heterocycles. The zero-order valence-electron chi connectivity index (χ0n) is 21.7. The average molecular weight is 527 g/mol. The number of rotatable bonds is 7. The van der Waals surface area contributed by atoms with E-state index in [4.69, 9.17) is 9.47 Å². The molecule has 3 aromatic carbocycles. The van der Waals surface area contributed by atoms with Crippen molar-refractivity contribution in [1.29, 1.82) is 0 Å². The van der Waals surface area contributed by atoms with Gasteiger partial charge in [0.15, 0.2) is 5.92 Å². The molecule has 2 bridgehead atoms. The number of fused-ring (bicyclic) bond motifs is 3. The van der Waals surface area contributed by atoms with Crippen molar-refractivity contribution < 1.29 is 32.5 Å². The zero-order chi connectivity index (χ0) is 27.3. The average Bonchev–Trinajstić information content (AvgIpc) is 2.88. The lowest BCUT2D eigenvalue weighted by Crippen LogP contribution is -2.68. The highest BCUT2D eigenvalue weighted by Crippen LogP contribution is 2.64. The molecule has 3 aliphatic rings. The maximum absolute atomic E-state index is 14.1. The first kappa shape index (κ1) is 26.7. The van der Waals surface area contributed by atoms with Crippen LogP contribution in [0, 0.1) is 23.2 Å². The third-order valence-electron chi connectivity index (χ3n) is 8.99. The molecule has 38 heavy (non-hydrogen) atoms. The number of esters is 1. The molecule has 4 nitrogen and oxygen atoms in total. The Morgan fingerprint density at radius 2 is 1.63 bits per heavy atom. The van der Waals surface area contributed by atoms with Crippen LogP contribution in [0.4, 0.5) is 13.2 Å². The van der Waals surface area contributed by atoms with E-state index in [-0.39, 0.29) is 29.4 Å². The van der Waals surface area contributed by atoms with Gasteiger partial charge in [-0.2, -0.15) is 13.2 Å². The van der Waals surface area contributed by atoms with Gasteiger partial charge in [0.25, 0.3) is 0 Å². The van der Waals surface area contributed by atoms with Crippen LogP contribution in [-0.2, 0) is 20.9 Å². The molecule has 0 unspecified atom stereocenters. The second-order valence-corrected chi connectivity index (χ2v) is 11.5. The van der Waals surface area contributed by atoms with Crippen LogP contribution in [0.5, 0.6) is 0 Å². The van der Waals surface area contributed by atoms with Crippen molar-refractivity contribution in [2.75, 3.05) is 0 Å². The van der Waals surface area contributed by atoms with Crippen molar-refractivity contribution in [1.82, 2.24) is 0 Å². The molecule has 3 saturated carbocycles. The minimum Gasteiger partial charge on any atom is -0.459 e. The number of carbonyl (C=O) groups is 1. The maximum atomic E-state index is 14.1. The Hall–Kier alpha value is -2.90. The van der Waals surface area contributed by atoms with Crippen LogP contribution < -0.4 is 0 Å². The highest BCUT2D eigenvalue weighted by molar-refractivity contribution is 5.83. The van der Waals surface area contributed by atoms with Crippen molar-refractivity contribution in [2.45, 2.75) is 64.2 Å². The highest BCUT2D eigenvalue weighted by Gasteiger charge is 2.66. The monoisotopic (exact) mass is 526 g/mol. The van der Waals surface area contributed by atoms with Gasteiger partial charge in [-0.3, -0.25) is 4.79 Å². The topological polar surface area (TPSA) is 55.8 Å². The molecule has 0 amide bonds. The minimum absolute atomic E-state index is 0.00900. The zero-order valence-corrected chi connectivity index (χ0v) is 21.7. The molecule has 202 valence electrons. The van der Waals surface area contributed by atoms with E-state index in [1.807, 2.05) is 49.4 Å². The molecular formula is C31H33F3O4. The lowest BCUT2D eigenvalue weighted by atomic mass is 9.43. The van der Waals surface area contributed by atoms with Crippen LogP contribution in [0.25, 0.3) is 10.8 Å². The predicted octanol–water partition coefficient (Wildman–Crippen LogP) is 7.01. The second kappa shape index (κ2) is 9.69. The van der Waals surface area contributed by atoms with Crippen LogP contribution >= 0.6 is 0 Å². The number of aliphatic hydroxyl groups excluding tert-OH is 1. The lowest BCUT2D eigenvalue weighted by Gasteiger charge is -2.65. The maximum Gasteiger partial charge on any atom is 0.405 e. The Labute approximate surface area is 220 Å². The molecule has 0 heterocycles. The fourth-order valence-electron chi connectivity index (χ4n) is 6.53. The number of ether oxygens (including phenoxy) is 2. The normalized spacial score (nSPS) is 27.8. The van der Waals surface area contributed by atoms with Crippen LogP contribution in [-0.4, -0.2) is 29.0 Å². The van der Waals surface area contributed by atoms with E-state index in [0.717, 1.165) is 22.8 Å². The molecule has 6 atom stereocenters. The van der Waals surface area contributed by atoms with Crippen molar-refractivity contribution in [2.24, 2.45) is 23.2 Å². The largest absolute Gasteiger partial charge is 0.459 e. The van der Waals surface area contributed by atoms with Crippen molar-refractivity contribution in [3.63, 3.8) is 0 Å². The van der Waals surface area contributed by atoms with E-state index in [1.165, 1.54) is 24.3 Å². The van der Waals surface area contributed by atoms with Crippen LogP contribution in [0.2, 0.25) is 0 Å². The summed E-state index contributed by atoms with van der Waals surface area (Å²) >= 11 is 0. The Morgan fingerprint density at radius 3 is 2.29 bits per heavy atom. The quantitative estimate of drug-likeness (QED) is 0.337. The molecule has 3 fully saturated rings. The van der Waals surface area contributed by atoms with Gasteiger partial charge in [-0.15, -0.1) is 0 Å². The fraction of sp³-hybridized carbons (Fsp3) is 0.452.